The molecule has 2 nitrogen and oxygen atoms in total. The molecule has 0 bridgehead atoms. The molecule has 3 fully saturated rings. The Kier molecular flexibility index (Phi) is 1.33. The maximum atomic E-state index is 11.7. The molecule has 1 heterocycles. The smallest absolute Gasteiger partial charge is 0.142 e. The van der Waals surface area contributed by atoms with E-state index in [1.165, 1.54) is 0 Å². The molecule has 1 aliphatic heterocycles. The second kappa shape index (κ2) is 2.24. The van der Waals surface area contributed by atoms with E-state index < -0.39 is 0 Å². The van der Waals surface area contributed by atoms with Gasteiger partial charge in [0.25, 0.3) is 0 Å². The third-order valence-corrected chi connectivity index (χ3v) is 3.99. The van der Waals surface area contributed by atoms with Gasteiger partial charge in [0.2, 0.25) is 0 Å². The Morgan fingerprint density at radius 3 is 3.23 bits per heavy atom. The lowest BCUT2D eigenvalue weighted by molar-refractivity contribution is -0.153. The first-order valence-corrected chi connectivity index (χ1v) is 5.11. The van der Waals surface area contributed by atoms with Crippen LogP contribution in [0.1, 0.15) is 25.7 Å². The average Bonchev–Trinajstić information content (AvgIpc) is 2.43. The molecule has 2 heteroatoms. The molecule has 3 aliphatic rings. The van der Waals surface area contributed by atoms with E-state index in [0.717, 1.165) is 37.9 Å². The normalized spacial score (nSPS) is 48.3. The lowest BCUT2D eigenvalue weighted by Gasteiger charge is -2.54. The monoisotopic (exact) mass is 178 g/mol. The fraction of sp³-hybridized carbons (Fsp3) is 0.727. The fourth-order valence-electron chi connectivity index (χ4n) is 3.47. The van der Waals surface area contributed by atoms with Crippen LogP contribution in [0.5, 0.6) is 0 Å². The van der Waals surface area contributed by atoms with Gasteiger partial charge in [-0.15, -0.1) is 0 Å². The minimum Gasteiger partial charge on any atom is -0.373 e. The summed E-state index contributed by atoms with van der Waals surface area (Å²) in [6.45, 7) is 4.86. The van der Waals surface area contributed by atoms with Crippen LogP contribution >= 0.6 is 0 Å². The van der Waals surface area contributed by atoms with Crippen molar-refractivity contribution in [1.82, 2.24) is 0 Å². The Balaban J connectivity index is 2.00. The molecule has 3 rings (SSSR count). The van der Waals surface area contributed by atoms with Crippen molar-refractivity contribution in [1.29, 1.82) is 0 Å². The van der Waals surface area contributed by atoms with Crippen molar-refractivity contribution in [2.24, 2.45) is 11.8 Å². The second-order valence-electron chi connectivity index (χ2n) is 4.47. The lowest BCUT2D eigenvalue weighted by atomic mass is 9.52. The van der Waals surface area contributed by atoms with Crippen LogP contribution in [0.2, 0.25) is 0 Å². The van der Waals surface area contributed by atoms with Gasteiger partial charge in [-0.1, -0.05) is 12.2 Å². The van der Waals surface area contributed by atoms with E-state index in [4.69, 9.17) is 4.74 Å². The summed E-state index contributed by atoms with van der Waals surface area (Å²) in [6, 6.07) is 0. The van der Waals surface area contributed by atoms with Gasteiger partial charge in [0.1, 0.15) is 5.78 Å². The third kappa shape index (κ3) is 0.715. The van der Waals surface area contributed by atoms with Gasteiger partial charge in [-0.25, -0.2) is 0 Å². The first-order chi connectivity index (χ1) is 6.26. The van der Waals surface area contributed by atoms with Gasteiger partial charge in [-0.2, -0.15) is 0 Å². The summed E-state index contributed by atoms with van der Waals surface area (Å²) in [5.74, 6) is 0.935. The van der Waals surface area contributed by atoms with Crippen molar-refractivity contribution >= 4 is 5.78 Å². The fourth-order valence-corrected chi connectivity index (χ4v) is 3.47. The summed E-state index contributed by atoms with van der Waals surface area (Å²) in [4.78, 5) is 11.7. The summed E-state index contributed by atoms with van der Waals surface area (Å²) in [5, 5.41) is 0. The van der Waals surface area contributed by atoms with Gasteiger partial charge >= 0.3 is 0 Å². The molecule has 0 aromatic heterocycles. The van der Waals surface area contributed by atoms with E-state index >= 15 is 0 Å². The number of carbonyl (C=O) groups is 1. The van der Waals surface area contributed by atoms with Gasteiger partial charge in [0.05, 0.1) is 11.5 Å². The number of rotatable bonds is 0. The minimum absolute atomic E-state index is 0.0637. The molecular weight excluding hydrogens is 164 g/mol. The van der Waals surface area contributed by atoms with Crippen LogP contribution in [0.15, 0.2) is 12.2 Å². The van der Waals surface area contributed by atoms with Gasteiger partial charge < -0.3 is 4.74 Å². The Morgan fingerprint density at radius 1 is 1.54 bits per heavy atom. The Hall–Kier alpha value is -0.630. The second-order valence-corrected chi connectivity index (χ2v) is 4.47. The summed E-state index contributed by atoms with van der Waals surface area (Å²) < 4.78 is 5.80. The quantitative estimate of drug-likeness (QED) is 0.528. The van der Waals surface area contributed by atoms with E-state index in [1.54, 1.807) is 0 Å². The molecule has 3 atom stereocenters. The van der Waals surface area contributed by atoms with Gasteiger partial charge in [-0.3, -0.25) is 4.79 Å². The van der Waals surface area contributed by atoms with Crippen LogP contribution in [-0.2, 0) is 9.53 Å². The maximum absolute atomic E-state index is 11.7. The standard InChI is InChI=1S/C11H14O2/c1-7-8-4-6-13-11(8)5-2-3-9(12)10(7)11/h8,10H,1-6H2/t8-,10+,11-/m1/s1. The lowest BCUT2D eigenvalue weighted by Crippen LogP contribution is -2.60. The van der Waals surface area contributed by atoms with Gasteiger partial charge in [-0.05, 0) is 19.3 Å². The third-order valence-electron chi connectivity index (χ3n) is 3.99. The van der Waals surface area contributed by atoms with Crippen LogP contribution in [0, 0.1) is 11.8 Å². The number of hydrogen-bond acceptors (Lipinski definition) is 2. The zero-order chi connectivity index (χ0) is 9.05. The molecule has 0 amide bonds. The highest BCUT2D eigenvalue weighted by atomic mass is 16.5. The molecule has 13 heavy (non-hydrogen) atoms. The largest absolute Gasteiger partial charge is 0.373 e. The minimum atomic E-state index is -0.0770. The molecule has 0 aromatic rings. The SMILES string of the molecule is C=C1[C@H]2C(=O)CCC[C@]23OCC[C@H]13. The van der Waals surface area contributed by atoms with Crippen molar-refractivity contribution in [3.8, 4) is 0 Å². The summed E-state index contributed by atoms with van der Waals surface area (Å²) in [6.07, 6.45) is 3.91. The first-order valence-electron chi connectivity index (χ1n) is 5.11. The zero-order valence-electron chi connectivity index (χ0n) is 7.71. The van der Waals surface area contributed by atoms with Crippen LogP contribution in [0.3, 0.4) is 0 Å². The highest BCUT2D eigenvalue weighted by Crippen LogP contribution is 2.60. The maximum Gasteiger partial charge on any atom is 0.142 e. The van der Waals surface area contributed by atoms with Crippen LogP contribution < -0.4 is 0 Å². The predicted molar refractivity (Wildman–Crippen MR) is 48.3 cm³/mol. The Labute approximate surface area is 78.0 Å². The van der Waals surface area contributed by atoms with Crippen LogP contribution in [0.4, 0.5) is 0 Å². The van der Waals surface area contributed by atoms with Gasteiger partial charge in [0, 0.05) is 18.9 Å². The molecule has 1 saturated heterocycles. The first kappa shape index (κ1) is 7.74. The highest BCUT2D eigenvalue weighted by molar-refractivity contribution is 5.88. The topological polar surface area (TPSA) is 26.3 Å². The molecule has 0 radical (unpaired) electrons. The van der Waals surface area contributed by atoms with Crippen molar-refractivity contribution in [3.05, 3.63) is 12.2 Å². The van der Waals surface area contributed by atoms with Crippen LogP contribution in [-0.4, -0.2) is 18.0 Å². The summed E-state index contributed by atoms with van der Waals surface area (Å²) >= 11 is 0. The highest BCUT2D eigenvalue weighted by Gasteiger charge is 2.64. The zero-order valence-corrected chi connectivity index (χ0v) is 7.71. The Morgan fingerprint density at radius 2 is 2.38 bits per heavy atom. The number of ketones is 1. The molecule has 70 valence electrons. The van der Waals surface area contributed by atoms with E-state index in [0.29, 0.717) is 11.7 Å². The van der Waals surface area contributed by atoms with E-state index in [2.05, 4.69) is 6.58 Å². The van der Waals surface area contributed by atoms with E-state index in [1.807, 2.05) is 0 Å². The molecule has 2 saturated carbocycles. The molecule has 0 unspecified atom stereocenters. The molecule has 1 spiro atoms. The summed E-state index contributed by atoms with van der Waals surface area (Å²) in [5.41, 5.74) is 1.08. The average molecular weight is 178 g/mol. The number of hydrogen-bond donors (Lipinski definition) is 0. The van der Waals surface area contributed by atoms with Crippen molar-refractivity contribution in [3.63, 3.8) is 0 Å². The molecule has 0 N–H and O–H groups in total. The predicted octanol–water partition coefficient (Wildman–Crippen LogP) is 1.70. The van der Waals surface area contributed by atoms with Crippen LogP contribution in [0.25, 0.3) is 0 Å². The van der Waals surface area contributed by atoms with E-state index in [9.17, 15) is 4.79 Å². The van der Waals surface area contributed by atoms with Crippen molar-refractivity contribution in [2.45, 2.75) is 31.3 Å². The molecular formula is C11H14O2. The number of Topliss-reactive ketones (excluding diaryl/α,β-unsaturated/α-hetero) is 1. The molecule has 2 aliphatic carbocycles. The van der Waals surface area contributed by atoms with Crippen molar-refractivity contribution < 1.29 is 9.53 Å². The summed E-state index contributed by atoms with van der Waals surface area (Å²) in [7, 11) is 0. The van der Waals surface area contributed by atoms with E-state index in [-0.39, 0.29) is 11.5 Å². The van der Waals surface area contributed by atoms with Crippen molar-refractivity contribution in [2.75, 3.05) is 6.61 Å². The number of ether oxygens (including phenoxy) is 1. The molecule has 0 aromatic carbocycles. The van der Waals surface area contributed by atoms with Gasteiger partial charge in [0.15, 0.2) is 0 Å². The Bertz CT molecular complexity index is 294. The number of carbonyl (C=O) groups excluding carboxylic acids is 1.